The van der Waals surface area contributed by atoms with E-state index in [1.54, 1.807) is 12.1 Å². The molecule has 0 atom stereocenters. The smallest absolute Gasteiger partial charge is 0.239 e. The summed E-state index contributed by atoms with van der Waals surface area (Å²) in [4.78, 5) is 22.2. The van der Waals surface area contributed by atoms with E-state index in [4.69, 9.17) is 28.9 Å². The van der Waals surface area contributed by atoms with Gasteiger partial charge in [0.2, 0.25) is 11.8 Å². The van der Waals surface area contributed by atoms with E-state index in [9.17, 15) is 9.59 Å². The van der Waals surface area contributed by atoms with E-state index >= 15 is 0 Å². The summed E-state index contributed by atoms with van der Waals surface area (Å²) in [6, 6.07) is 5.34. The number of hydrogen-bond acceptors (Lipinski definition) is 3. The fourth-order valence-electron chi connectivity index (χ4n) is 1.39. The molecule has 0 saturated heterocycles. The molecule has 0 bridgehead atoms. The monoisotopic (exact) mass is 303 g/mol. The first-order chi connectivity index (χ1) is 9.04. The summed E-state index contributed by atoms with van der Waals surface area (Å²) >= 11 is 11.9. The summed E-state index contributed by atoms with van der Waals surface area (Å²) in [5.41, 5.74) is 5.96. The van der Waals surface area contributed by atoms with Gasteiger partial charge in [-0.3, -0.25) is 9.59 Å². The lowest BCUT2D eigenvalue weighted by atomic mass is 10.1. The van der Waals surface area contributed by atoms with Crippen LogP contribution in [0.25, 0.3) is 0 Å². The van der Waals surface area contributed by atoms with Crippen molar-refractivity contribution in [1.29, 1.82) is 0 Å². The predicted octanol–water partition coefficient (Wildman–Crippen LogP) is 0.727. The van der Waals surface area contributed by atoms with E-state index in [1.807, 2.05) is 6.07 Å². The Labute approximate surface area is 121 Å². The third kappa shape index (κ3) is 5.46. The lowest BCUT2D eigenvalue weighted by Gasteiger charge is -2.08. The van der Waals surface area contributed by atoms with Crippen molar-refractivity contribution in [2.45, 2.75) is 6.42 Å². The maximum atomic E-state index is 11.4. The first-order valence-electron chi connectivity index (χ1n) is 5.71. The molecule has 1 aromatic rings. The highest BCUT2D eigenvalue weighted by Gasteiger charge is 2.06. The molecule has 104 valence electrons. The number of carbonyl (C=O) groups is 2. The minimum absolute atomic E-state index is 0.0840. The number of carbonyl (C=O) groups excluding carboxylic acids is 2. The molecule has 7 heteroatoms. The van der Waals surface area contributed by atoms with Crippen LogP contribution in [0.3, 0.4) is 0 Å². The first kappa shape index (κ1) is 15.8. The molecule has 0 radical (unpaired) electrons. The van der Waals surface area contributed by atoms with Crippen molar-refractivity contribution in [2.24, 2.45) is 5.73 Å². The lowest BCUT2D eigenvalue weighted by molar-refractivity contribution is -0.125. The Hall–Kier alpha value is -1.30. The van der Waals surface area contributed by atoms with Gasteiger partial charge in [-0.05, 0) is 18.1 Å². The molecule has 0 aromatic heterocycles. The van der Waals surface area contributed by atoms with Crippen molar-refractivity contribution in [2.75, 3.05) is 19.6 Å². The minimum Gasteiger partial charge on any atom is -0.354 e. The van der Waals surface area contributed by atoms with Crippen LogP contribution in [0.15, 0.2) is 18.2 Å². The van der Waals surface area contributed by atoms with E-state index in [0.717, 1.165) is 5.56 Å². The van der Waals surface area contributed by atoms with Gasteiger partial charge in [0.15, 0.2) is 0 Å². The fourth-order valence-corrected chi connectivity index (χ4v) is 1.81. The van der Waals surface area contributed by atoms with Gasteiger partial charge in [-0.2, -0.15) is 0 Å². The maximum absolute atomic E-state index is 11.4. The Morgan fingerprint density at radius 3 is 2.58 bits per heavy atom. The van der Waals surface area contributed by atoms with Gasteiger partial charge in [0.05, 0.1) is 23.1 Å². The summed E-state index contributed by atoms with van der Waals surface area (Å²) in [6.45, 7) is 0.197. The average Bonchev–Trinajstić information content (AvgIpc) is 2.40. The van der Waals surface area contributed by atoms with Crippen molar-refractivity contribution in [1.82, 2.24) is 10.6 Å². The molecule has 0 saturated carbocycles. The van der Waals surface area contributed by atoms with Crippen LogP contribution in [0.1, 0.15) is 5.56 Å². The van der Waals surface area contributed by atoms with E-state index < -0.39 is 0 Å². The highest BCUT2D eigenvalue weighted by atomic mass is 35.5. The average molecular weight is 304 g/mol. The van der Waals surface area contributed by atoms with Crippen molar-refractivity contribution in [3.05, 3.63) is 33.8 Å². The Kier molecular flexibility index (Phi) is 6.62. The number of nitrogens with two attached hydrogens (primary N) is 1. The quantitative estimate of drug-likeness (QED) is 0.724. The van der Waals surface area contributed by atoms with Gasteiger partial charge < -0.3 is 16.4 Å². The van der Waals surface area contributed by atoms with Crippen molar-refractivity contribution in [3.8, 4) is 0 Å². The summed E-state index contributed by atoms with van der Waals surface area (Å²) in [6.07, 6.45) is 0.565. The SMILES string of the molecule is NCC(=O)NCC(=O)NCCc1cccc(Cl)c1Cl. The van der Waals surface area contributed by atoms with Gasteiger partial charge in [-0.15, -0.1) is 0 Å². The lowest BCUT2D eigenvalue weighted by Crippen LogP contribution is -2.40. The van der Waals surface area contributed by atoms with Gasteiger partial charge in [0.1, 0.15) is 0 Å². The third-order valence-electron chi connectivity index (χ3n) is 2.38. The van der Waals surface area contributed by atoms with Crippen LogP contribution in [-0.4, -0.2) is 31.4 Å². The standard InChI is InChI=1S/C12H15Cl2N3O2/c13-9-3-1-2-8(12(9)14)4-5-16-11(19)7-17-10(18)6-15/h1-3H,4-7,15H2,(H,16,19)(H,17,18). The Bertz CT molecular complexity index is 466. The van der Waals surface area contributed by atoms with Crippen LogP contribution in [-0.2, 0) is 16.0 Å². The second kappa shape index (κ2) is 7.99. The fraction of sp³-hybridized carbons (Fsp3) is 0.333. The van der Waals surface area contributed by atoms with Crippen molar-refractivity contribution < 1.29 is 9.59 Å². The highest BCUT2D eigenvalue weighted by Crippen LogP contribution is 2.25. The molecule has 19 heavy (non-hydrogen) atoms. The zero-order valence-electron chi connectivity index (χ0n) is 10.2. The Morgan fingerprint density at radius 1 is 1.16 bits per heavy atom. The largest absolute Gasteiger partial charge is 0.354 e. The summed E-state index contributed by atoms with van der Waals surface area (Å²) < 4.78 is 0. The summed E-state index contributed by atoms with van der Waals surface area (Å²) in [7, 11) is 0. The molecule has 1 aromatic carbocycles. The van der Waals surface area contributed by atoms with Gasteiger partial charge in [-0.1, -0.05) is 35.3 Å². The highest BCUT2D eigenvalue weighted by molar-refractivity contribution is 6.42. The topological polar surface area (TPSA) is 84.2 Å². The molecule has 0 heterocycles. The molecular weight excluding hydrogens is 289 g/mol. The van der Waals surface area contributed by atoms with E-state index in [-0.39, 0.29) is 24.9 Å². The molecule has 0 fully saturated rings. The molecular formula is C12H15Cl2N3O2. The Balaban J connectivity index is 2.32. The molecule has 4 N–H and O–H groups in total. The van der Waals surface area contributed by atoms with Crippen LogP contribution in [0.2, 0.25) is 10.0 Å². The number of amides is 2. The van der Waals surface area contributed by atoms with Gasteiger partial charge in [0, 0.05) is 6.54 Å². The third-order valence-corrected chi connectivity index (χ3v) is 3.24. The molecule has 0 aliphatic heterocycles. The molecule has 0 aliphatic rings. The van der Waals surface area contributed by atoms with E-state index in [1.165, 1.54) is 0 Å². The molecule has 0 spiro atoms. The predicted molar refractivity (Wildman–Crippen MR) is 75.2 cm³/mol. The molecule has 1 rings (SSSR count). The molecule has 2 amide bonds. The number of hydrogen-bond donors (Lipinski definition) is 3. The van der Waals surface area contributed by atoms with Gasteiger partial charge in [0.25, 0.3) is 0 Å². The van der Waals surface area contributed by atoms with Crippen molar-refractivity contribution in [3.63, 3.8) is 0 Å². The van der Waals surface area contributed by atoms with Crippen LogP contribution in [0.5, 0.6) is 0 Å². The summed E-state index contributed by atoms with van der Waals surface area (Å²) in [5, 5.41) is 6.02. The van der Waals surface area contributed by atoms with E-state index in [0.29, 0.717) is 23.0 Å². The van der Waals surface area contributed by atoms with Crippen LogP contribution >= 0.6 is 23.2 Å². The van der Waals surface area contributed by atoms with Crippen LogP contribution < -0.4 is 16.4 Å². The Morgan fingerprint density at radius 2 is 1.89 bits per heavy atom. The number of nitrogens with one attached hydrogen (secondary N) is 2. The zero-order valence-corrected chi connectivity index (χ0v) is 11.7. The van der Waals surface area contributed by atoms with Crippen LogP contribution in [0.4, 0.5) is 0 Å². The van der Waals surface area contributed by atoms with E-state index in [2.05, 4.69) is 10.6 Å². The van der Waals surface area contributed by atoms with Crippen molar-refractivity contribution >= 4 is 35.0 Å². The second-order valence-corrected chi connectivity index (χ2v) is 4.58. The number of halogens is 2. The minimum atomic E-state index is -0.368. The maximum Gasteiger partial charge on any atom is 0.239 e. The molecule has 5 nitrogen and oxygen atoms in total. The zero-order chi connectivity index (χ0) is 14.3. The number of rotatable bonds is 6. The summed E-state index contributed by atoms with van der Waals surface area (Å²) in [5.74, 6) is -0.645. The van der Waals surface area contributed by atoms with Gasteiger partial charge >= 0.3 is 0 Å². The van der Waals surface area contributed by atoms with Crippen LogP contribution in [0, 0.1) is 0 Å². The molecule has 0 aliphatic carbocycles. The second-order valence-electron chi connectivity index (χ2n) is 3.79. The van der Waals surface area contributed by atoms with Gasteiger partial charge in [-0.25, -0.2) is 0 Å². The number of benzene rings is 1. The first-order valence-corrected chi connectivity index (χ1v) is 6.46. The normalized spacial score (nSPS) is 10.1. The molecule has 0 unspecified atom stereocenters.